The smallest absolute Gasteiger partial charge is 0.316 e. The summed E-state index contributed by atoms with van der Waals surface area (Å²) in [5, 5.41) is -0.566. The van der Waals surface area contributed by atoms with E-state index in [-0.39, 0.29) is 17.5 Å². The molecule has 0 N–H and O–H groups in total. The first kappa shape index (κ1) is 13.7. The third kappa shape index (κ3) is 3.92. The SMILES string of the molecule is CN(C)CCN(C(=O)Cl)C1CCS(=O)(=O)C1. The van der Waals surface area contributed by atoms with Crippen molar-refractivity contribution in [1.29, 1.82) is 0 Å². The number of halogens is 1. The van der Waals surface area contributed by atoms with Crippen molar-refractivity contribution < 1.29 is 13.2 Å². The number of hydrogen-bond acceptors (Lipinski definition) is 4. The molecule has 1 heterocycles. The fourth-order valence-electron chi connectivity index (χ4n) is 1.74. The van der Waals surface area contributed by atoms with Gasteiger partial charge < -0.3 is 9.80 Å². The maximum Gasteiger partial charge on any atom is 0.316 e. The molecule has 0 aliphatic carbocycles. The Morgan fingerprint density at radius 2 is 2.00 bits per heavy atom. The number of nitrogens with zero attached hydrogens (tertiary/aromatic N) is 2. The van der Waals surface area contributed by atoms with Crippen molar-refractivity contribution in [2.24, 2.45) is 0 Å². The van der Waals surface area contributed by atoms with Crippen LogP contribution in [0, 0.1) is 0 Å². The molecule has 0 saturated carbocycles. The topological polar surface area (TPSA) is 57.7 Å². The fraction of sp³-hybridized carbons (Fsp3) is 0.889. The molecule has 1 aliphatic heterocycles. The summed E-state index contributed by atoms with van der Waals surface area (Å²) in [6, 6.07) is -0.255. The second-order valence-electron chi connectivity index (χ2n) is 4.31. The lowest BCUT2D eigenvalue weighted by atomic mass is 10.2. The van der Waals surface area contributed by atoms with Crippen molar-refractivity contribution in [1.82, 2.24) is 9.80 Å². The molecular formula is C9H17ClN2O3S. The maximum atomic E-state index is 11.3. The molecule has 0 aromatic heterocycles. The summed E-state index contributed by atoms with van der Waals surface area (Å²) in [6.45, 7) is 1.14. The van der Waals surface area contributed by atoms with Gasteiger partial charge in [0.15, 0.2) is 9.84 Å². The fourth-order valence-corrected chi connectivity index (χ4v) is 3.70. The van der Waals surface area contributed by atoms with Gasteiger partial charge in [-0.2, -0.15) is 0 Å². The zero-order valence-electron chi connectivity index (χ0n) is 9.52. The summed E-state index contributed by atoms with van der Waals surface area (Å²) in [5.41, 5.74) is 0. The third-order valence-electron chi connectivity index (χ3n) is 2.66. The molecule has 1 rings (SSSR count). The highest BCUT2D eigenvalue weighted by atomic mass is 35.5. The van der Waals surface area contributed by atoms with Crippen molar-refractivity contribution in [2.45, 2.75) is 12.5 Å². The van der Waals surface area contributed by atoms with Crippen molar-refractivity contribution >= 4 is 26.8 Å². The number of amides is 1. The van der Waals surface area contributed by atoms with E-state index in [4.69, 9.17) is 11.6 Å². The Morgan fingerprint density at radius 1 is 1.38 bits per heavy atom. The van der Waals surface area contributed by atoms with Crippen LogP contribution in [0.15, 0.2) is 0 Å². The molecule has 1 amide bonds. The van der Waals surface area contributed by atoms with E-state index in [1.54, 1.807) is 0 Å². The minimum atomic E-state index is -2.98. The molecule has 0 radical (unpaired) electrons. The van der Waals surface area contributed by atoms with Crippen molar-refractivity contribution in [2.75, 3.05) is 38.7 Å². The molecule has 0 bridgehead atoms. The normalized spacial score (nSPS) is 23.6. The molecule has 1 atom stereocenters. The van der Waals surface area contributed by atoms with Gasteiger partial charge in [-0.05, 0) is 32.1 Å². The third-order valence-corrected chi connectivity index (χ3v) is 4.63. The molecule has 0 aromatic rings. The van der Waals surface area contributed by atoms with Gasteiger partial charge in [-0.1, -0.05) is 0 Å². The largest absolute Gasteiger partial charge is 0.324 e. The predicted molar refractivity (Wildman–Crippen MR) is 63.6 cm³/mol. The summed E-state index contributed by atoms with van der Waals surface area (Å²) in [5.74, 6) is 0.194. The van der Waals surface area contributed by atoms with E-state index in [0.29, 0.717) is 19.5 Å². The molecule has 7 heteroatoms. The Bertz CT molecular complexity index is 356. The molecule has 5 nitrogen and oxygen atoms in total. The minimum absolute atomic E-state index is 0.0406. The molecular weight excluding hydrogens is 252 g/mol. The Labute approximate surface area is 101 Å². The van der Waals surface area contributed by atoms with E-state index in [2.05, 4.69) is 0 Å². The van der Waals surface area contributed by atoms with E-state index in [9.17, 15) is 13.2 Å². The average Bonchev–Trinajstić information content (AvgIpc) is 2.45. The lowest BCUT2D eigenvalue weighted by Gasteiger charge is -2.26. The summed E-state index contributed by atoms with van der Waals surface area (Å²) < 4.78 is 22.6. The number of carbonyl (C=O) groups is 1. The van der Waals surface area contributed by atoms with Gasteiger partial charge in [0.25, 0.3) is 0 Å². The molecule has 0 aromatic carbocycles. The highest BCUT2D eigenvalue weighted by Crippen LogP contribution is 2.19. The molecule has 0 spiro atoms. The second kappa shape index (κ2) is 5.33. The lowest BCUT2D eigenvalue weighted by Crippen LogP contribution is -2.42. The monoisotopic (exact) mass is 268 g/mol. The molecule has 16 heavy (non-hydrogen) atoms. The summed E-state index contributed by atoms with van der Waals surface area (Å²) >= 11 is 5.47. The summed E-state index contributed by atoms with van der Waals surface area (Å²) in [6.07, 6.45) is 0.494. The number of hydrogen-bond donors (Lipinski definition) is 0. The molecule has 1 aliphatic rings. The Morgan fingerprint density at radius 3 is 2.38 bits per heavy atom. The van der Waals surface area contributed by atoms with Gasteiger partial charge >= 0.3 is 5.37 Å². The lowest BCUT2D eigenvalue weighted by molar-refractivity contribution is 0.195. The Hall–Kier alpha value is -0.330. The minimum Gasteiger partial charge on any atom is -0.324 e. The van der Waals surface area contributed by atoms with Crippen LogP contribution >= 0.6 is 11.6 Å². The summed E-state index contributed by atoms with van der Waals surface area (Å²) in [4.78, 5) is 14.6. The van der Waals surface area contributed by atoms with Crippen LogP contribution in [-0.4, -0.2) is 68.3 Å². The van der Waals surface area contributed by atoms with Crippen LogP contribution in [0.2, 0.25) is 0 Å². The van der Waals surface area contributed by atoms with Crippen LogP contribution < -0.4 is 0 Å². The van der Waals surface area contributed by atoms with Crippen molar-refractivity contribution in [3.63, 3.8) is 0 Å². The zero-order valence-corrected chi connectivity index (χ0v) is 11.1. The molecule has 1 saturated heterocycles. The number of carbonyl (C=O) groups excluding carboxylic acids is 1. The summed E-state index contributed by atoms with van der Waals surface area (Å²) in [7, 11) is 0.804. The van der Waals surface area contributed by atoms with E-state index in [1.165, 1.54) is 4.90 Å². The van der Waals surface area contributed by atoms with Crippen molar-refractivity contribution in [3.05, 3.63) is 0 Å². The Balaban J connectivity index is 2.61. The van der Waals surface area contributed by atoms with Crippen molar-refractivity contribution in [3.8, 4) is 0 Å². The standard InChI is InChI=1S/C9H17ClN2O3S/c1-11(2)4-5-12(9(10)13)8-3-6-16(14,15)7-8/h8H,3-7H2,1-2H3. The van der Waals surface area contributed by atoms with Gasteiger partial charge in [-0.25, -0.2) is 8.42 Å². The van der Waals surface area contributed by atoms with E-state index < -0.39 is 15.2 Å². The first-order chi connectivity index (χ1) is 7.32. The van der Waals surface area contributed by atoms with Gasteiger partial charge in [0.1, 0.15) is 0 Å². The van der Waals surface area contributed by atoms with Gasteiger partial charge in [0.05, 0.1) is 11.5 Å². The predicted octanol–water partition coefficient (Wildman–Crippen LogP) is 0.396. The van der Waals surface area contributed by atoms with Gasteiger partial charge in [-0.3, -0.25) is 4.79 Å². The highest BCUT2D eigenvalue weighted by Gasteiger charge is 2.33. The number of sulfone groups is 1. The van der Waals surface area contributed by atoms with Crippen LogP contribution in [0.3, 0.4) is 0 Å². The second-order valence-corrected chi connectivity index (χ2v) is 6.86. The van der Waals surface area contributed by atoms with Gasteiger partial charge in [0, 0.05) is 19.1 Å². The van der Waals surface area contributed by atoms with Gasteiger partial charge in [-0.15, -0.1) is 0 Å². The maximum absolute atomic E-state index is 11.3. The quantitative estimate of drug-likeness (QED) is 0.547. The highest BCUT2D eigenvalue weighted by molar-refractivity contribution is 7.91. The van der Waals surface area contributed by atoms with E-state index >= 15 is 0 Å². The van der Waals surface area contributed by atoms with E-state index in [0.717, 1.165) is 0 Å². The first-order valence-electron chi connectivity index (χ1n) is 5.13. The van der Waals surface area contributed by atoms with E-state index in [1.807, 2.05) is 19.0 Å². The zero-order chi connectivity index (χ0) is 12.3. The molecule has 94 valence electrons. The van der Waals surface area contributed by atoms with Crippen LogP contribution in [0.5, 0.6) is 0 Å². The molecule has 1 unspecified atom stereocenters. The Kier molecular flexibility index (Phi) is 4.58. The number of likely N-dealkylation sites (N-methyl/N-ethyl adjacent to an activating group) is 1. The van der Waals surface area contributed by atoms with Crippen LogP contribution in [0.1, 0.15) is 6.42 Å². The molecule has 1 fully saturated rings. The average molecular weight is 269 g/mol. The van der Waals surface area contributed by atoms with Crippen LogP contribution in [-0.2, 0) is 9.84 Å². The van der Waals surface area contributed by atoms with Gasteiger partial charge in [0.2, 0.25) is 0 Å². The van der Waals surface area contributed by atoms with Crippen LogP contribution in [0.25, 0.3) is 0 Å². The first-order valence-corrected chi connectivity index (χ1v) is 7.33. The number of rotatable bonds is 4. The van der Waals surface area contributed by atoms with Crippen LogP contribution in [0.4, 0.5) is 4.79 Å².